The maximum absolute atomic E-state index is 5.72. The second-order valence-electron chi connectivity index (χ2n) is 3.77. The Kier molecular flexibility index (Phi) is 3.62. The summed E-state index contributed by atoms with van der Waals surface area (Å²) in [5.41, 5.74) is 1.21. The highest BCUT2D eigenvalue weighted by Gasteiger charge is 2.14. The van der Waals surface area contributed by atoms with Gasteiger partial charge in [-0.15, -0.1) is 0 Å². The molecule has 1 aromatic carbocycles. The summed E-state index contributed by atoms with van der Waals surface area (Å²) in [6.45, 7) is 2.85. The third-order valence-corrected chi connectivity index (χ3v) is 2.62. The third-order valence-electron chi connectivity index (χ3n) is 2.62. The SMILES string of the molecule is C[CH]c1ccc(OC2CCCCO2)cc1. The van der Waals surface area contributed by atoms with Crippen LogP contribution < -0.4 is 4.74 Å². The van der Waals surface area contributed by atoms with Crippen LogP contribution in [0, 0.1) is 6.42 Å². The number of benzene rings is 1. The molecule has 0 bridgehead atoms. The van der Waals surface area contributed by atoms with Crippen molar-refractivity contribution < 1.29 is 9.47 Å². The van der Waals surface area contributed by atoms with Crippen LogP contribution in [0.2, 0.25) is 0 Å². The summed E-state index contributed by atoms with van der Waals surface area (Å²) in [5.74, 6) is 0.896. The first-order valence-corrected chi connectivity index (χ1v) is 5.56. The van der Waals surface area contributed by atoms with Crippen molar-refractivity contribution >= 4 is 0 Å². The molecular formula is C13H17O2. The zero-order chi connectivity index (χ0) is 10.5. The molecule has 0 saturated carbocycles. The minimum absolute atomic E-state index is 0.0461. The fourth-order valence-electron chi connectivity index (χ4n) is 1.69. The molecule has 1 unspecified atom stereocenters. The van der Waals surface area contributed by atoms with E-state index in [0.29, 0.717) is 0 Å². The van der Waals surface area contributed by atoms with Crippen molar-refractivity contribution in [2.24, 2.45) is 0 Å². The second-order valence-corrected chi connectivity index (χ2v) is 3.77. The van der Waals surface area contributed by atoms with Gasteiger partial charge >= 0.3 is 0 Å². The van der Waals surface area contributed by atoms with Crippen LogP contribution in [0.1, 0.15) is 31.7 Å². The first kappa shape index (κ1) is 10.5. The Bertz CT molecular complexity index is 286. The van der Waals surface area contributed by atoms with Gasteiger partial charge < -0.3 is 9.47 Å². The molecule has 1 aliphatic rings. The van der Waals surface area contributed by atoms with E-state index in [4.69, 9.17) is 9.47 Å². The quantitative estimate of drug-likeness (QED) is 0.754. The van der Waals surface area contributed by atoms with Gasteiger partial charge in [-0.1, -0.05) is 19.1 Å². The minimum Gasteiger partial charge on any atom is -0.465 e. The fraction of sp³-hybridized carbons (Fsp3) is 0.462. The lowest BCUT2D eigenvalue weighted by Gasteiger charge is -2.23. The molecule has 1 radical (unpaired) electrons. The zero-order valence-corrected chi connectivity index (χ0v) is 9.11. The molecule has 1 aliphatic heterocycles. The topological polar surface area (TPSA) is 18.5 Å². The summed E-state index contributed by atoms with van der Waals surface area (Å²) in [4.78, 5) is 0. The molecule has 0 N–H and O–H groups in total. The van der Waals surface area contributed by atoms with Gasteiger partial charge in [-0.2, -0.15) is 0 Å². The Morgan fingerprint density at radius 1 is 1.27 bits per heavy atom. The Morgan fingerprint density at radius 3 is 2.67 bits per heavy atom. The Balaban J connectivity index is 1.91. The molecule has 0 aliphatic carbocycles. The van der Waals surface area contributed by atoms with Crippen molar-refractivity contribution in [3.63, 3.8) is 0 Å². The first-order chi connectivity index (χ1) is 7.38. The van der Waals surface area contributed by atoms with Crippen LogP contribution in [-0.4, -0.2) is 12.9 Å². The van der Waals surface area contributed by atoms with Gasteiger partial charge in [-0.05, 0) is 37.0 Å². The van der Waals surface area contributed by atoms with Gasteiger partial charge in [0.2, 0.25) is 0 Å². The summed E-state index contributed by atoms with van der Waals surface area (Å²) in [6, 6.07) is 8.09. The summed E-state index contributed by atoms with van der Waals surface area (Å²) >= 11 is 0. The van der Waals surface area contributed by atoms with Crippen molar-refractivity contribution in [3.8, 4) is 5.75 Å². The van der Waals surface area contributed by atoms with E-state index in [0.717, 1.165) is 25.2 Å². The average molecular weight is 205 g/mol. The van der Waals surface area contributed by atoms with Crippen LogP contribution in [-0.2, 0) is 4.74 Å². The Labute approximate surface area is 91.2 Å². The highest BCUT2D eigenvalue weighted by molar-refractivity contribution is 5.30. The van der Waals surface area contributed by atoms with E-state index >= 15 is 0 Å². The van der Waals surface area contributed by atoms with Gasteiger partial charge in [0, 0.05) is 6.42 Å². The van der Waals surface area contributed by atoms with E-state index < -0.39 is 0 Å². The molecule has 0 amide bonds. The van der Waals surface area contributed by atoms with Crippen LogP contribution >= 0.6 is 0 Å². The predicted molar refractivity (Wildman–Crippen MR) is 59.7 cm³/mol. The van der Waals surface area contributed by atoms with E-state index in [9.17, 15) is 0 Å². The van der Waals surface area contributed by atoms with Gasteiger partial charge in [0.1, 0.15) is 5.75 Å². The lowest BCUT2D eigenvalue weighted by molar-refractivity contribution is -0.105. The Hall–Kier alpha value is -1.02. The molecule has 15 heavy (non-hydrogen) atoms. The standard InChI is InChI=1S/C13H17O2/c1-2-11-6-8-12(9-7-11)15-13-5-3-4-10-14-13/h2,6-9,13H,3-5,10H2,1H3. The van der Waals surface area contributed by atoms with E-state index in [1.165, 1.54) is 12.0 Å². The Morgan fingerprint density at radius 2 is 2.07 bits per heavy atom. The summed E-state index contributed by atoms with van der Waals surface area (Å²) in [7, 11) is 0. The van der Waals surface area contributed by atoms with Crippen molar-refractivity contribution in [2.75, 3.05) is 6.61 Å². The normalized spacial score (nSPS) is 21.3. The number of rotatable bonds is 3. The van der Waals surface area contributed by atoms with Crippen molar-refractivity contribution in [3.05, 3.63) is 36.2 Å². The molecule has 0 aromatic heterocycles. The second kappa shape index (κ2) is 5.17. The molecule has 1 saturated heterocycles. The van der Waals surface area contributed by atoms with Crippen molar-refractivity contribution in [2.45, 2.75) is 32.5 Å². The van der Waals surface area contributed by atoms with E-state index in [-0.39, 0.29) is 6.29 Å². The van der Waals surface area contributed by atoms with Gasteiger partial charge in [0.25, 0.3) is 0 Å². The summed E-state index contributed by atoms with van der Waals surface area (Å²) in [5, 5.41) is 0. The number of hydrogen-bond acceptors (Lipinski definition) is 2. The highest BCUT2D eigenvalue weighted by Crippen LogP contribution is 2.19. The van der Waals surface area contributed by atoms with E-state index in [1.807, 2.05) is 19.1 Å². The lowest BCUT2D eigenvalue weighted by Crippen LogP contribution is -2.24. The molecule has 2 rings (SSSR count). The maximum Gasteiger partial charge on any atom is 0.199 e. The van der Waals surface area contributed by atoms with Crippen LogP contribution in [0.15, 0.2) is 24.3 Å². The molecule has 0 spiro atoms. The average Bonchev–Trinajstić information content (AvgIpc) is 2.31. The third kappa shape index (κ3) is 2.96. The van der Waals surface area contributed by atoms with E-state index in [2.05, 4.69) is 18.6 Å². The maximum atomic E-state index is 5.72. The lowest BCUT2D eigenvalue weighted by atomic mass is 10.2. The van der Waals surface area contributed by atoms with Gasteiger partial charge in [-0.3, -0.25) is 0 Å². The molecule has 1 fully saturated rings. The largest absolute Gasteiger partial charge is 0.465 e. The molecular weight excluding hydrogens is 188 g/mol. The zero-order valence-electron chi connectivity index (χ0n) is 9.11. The van der Waals surface area contributed by atoms with Crippen LogP contribution in [0.4, 0.5) is 0 Å². The van der Waals surface area contributed by atoms with Crippen LogP contribution in [0.25, 0.3) is 0 Å². The number of ether oxygens (including phenoxy) is 2. The fourth-order valence-corrected chi connectivity index (χ4v) is 1.69. The van der Waals surface area contributed by atoms with Crippen molar-refractivity contribution in [1.29, 1.82) is 0 Å². The van der Waals surface area contributed by atoms with Crippen LogP contribution in [0.5, 0.6) is 5.75 Å². The van der Waals surface area contributed by atoms with Crippen molar-refractivity contribution in [1.82, 2.24) is 0 Å². The highest BCUT2D eigenvalue weighted by atomic mass is 16.7. The van der Waals surface area contributed by atoms with Gasteiger partial charge in [-0.25, -0.2) is 0 Å². The summed E-state index contributed by atoms with van der Waals surface area (Å²) in [6.07, 6.45) is 5.38. The molecule has 2 heteroatoms. The molecule has 2 nitrogen and oxygen atoms in total. The smallest absolute Gasteiger partial charge is 0.199 e. The van der Waals surface area contributed by atoms with Crippen LogP contribution in [0.3, 0.4) is 0 Å². The summed E-state index contributed by atoms with van der Waals surface area (Å²) < 4.78 is 11.2. The molecule has 81 valence electrons. The van der Waals surface area contributed by atoms with Gasteiger partial charge in [0.05, 0.1) is 6.61 Å². The monoisotopic (exact) mass is 205 g/mol. The number of hydrogen-bond donors (Lipinski definition) is 0. The predicted octanol–water partition coefficient (Wildman–Crippen LogP) is 3.16. The van der Waals surface area contributed by atoms with Gasteiger partial charge in [0.15, 0.2) is 6.29 Å². The molecule has 1 aromatic rings. The first-order valence-electron chi connectivity index (χ1n) is 5.56. The molecule has 1 heterocycles. The molecule has 1 atom stereocenters. The minimum atomic E-state index is -0.0461. The van der Waals surface area contributed by atoms with E-state index in [1.54, 1.807) is 0 Å².